The Morgan fingerprint density at radius 1 is 1.06 bits per heavy atom. The van der Waals surface area contributed by atoms with Crippen molar-refractivity contribution in [3.05, 3.63) is 71.4 Å². The number of aromatic amines is 1. The van der Waals surface area contributed by atoms with E-state index in [0.717, 1.165) is 55.9 Å². The SMILES string of the molecule is CNCC(=O)N[C@H](Cc1c[nH]c2ccccc12)C(=O)N1CCC2(CCc3ccccc32)CC1.CO. The van der Waals surface area contributed by atoms with Crippen LogP contribution >= 0.6 is 0 Å². The van der Waals surface area contributed by atoms with Gasteiger partial charge in [-0.2, -0.15) is 0 Å². The number of aliphatic hydroxyl groups is 1. The molecule has 0 radical (unpaired) electrons. The lowest BCUT2D eigenvalue weighted by molar-refractivity contribution is -0.137. The van der Waals surface area contributed by atoms with Crippen molar-refractivity contribution in [3.63, 3.8) is 0 Å². The van der Waals surface area contributed by atoms with Crippen LogP contribution in [-0.4, -0.2) is 66.6 Å². The Labute approximate surface area is 206 Å². The molecule has 0 saturated carbocycles. The van der Waals surface area contributed by atoms with E-state index in [1.54, 1.807) is 7.05 Å². The number of fused-ring (bicyclic) bond motifs is 3. The van der Waals surface area contributed by atoms with Gasteiger partial charge in [-0.25, -0.2) is 0 Å². The number of likely N-dealkylation sites (tertiary alicyclic amines) is 1. The molecule has 4 N–H and O–H groups in total. The molecule has 1 aliphatic heterocycles. The molecule has 35 heavy (non-hydrogen) atoms. The Morgan fingerprint density at radius 3 is 2.54 bits per heavy atom. The summed E-state index contributed by atoms with van der Waals surface area (Å²) in [5.41, 5.74) is 5.24. The number of carbonyl (C=O) groups is 2. The fourth-order valence-corrected chi connectivity index (χ4v) is 5.79. The monoisotopic (exact) mass is 476 g/mol. The molecule has 1 fully saturated rings. The fraction of sp³-hybridized carbons (Fsp3) is 0.429. The van der Waals surface area contributed by atoms with Gasteiger partial charge in [-0.05, 0) is 60.9 Å². The van der Waals surface area contributed by atoms with Gasteiger partial charge in [-0.1, -0.05) is 42.5 Å². The molecule has 1 aromatic heterocycles. The van der Waals surface area contributed by atoms with Gasteiger partial charge in [0.1, 0.15) is 6.04 Å². The number of benzene rings is 2. The lowest BCUT2D eigenvalue weighted by atomic mass is 9.74. The zero-order chi connectivity index (χ0) is 24.8. The maximum Gasteiger partial charge on any atom is 0.245 e. The number of para-hydroxylation sites is 1. The number of carbonyl (C=O) groups excluding carboxylic acids is 2. The third-order valence-corrected chi connectivity index (χ3v) is 7.56. The molecule has 7 heteroatoms. The van der Waals surface area contributed by atoms with Crippen LogP contribution in [0.15, 0.2) is 54.7 Å². The highest BCUT2D eigenvalue weighted by Gasteiger charge is 2.42. The molecule has 1 atom stereocenters. The zero-order valence-corrected chi connectivity index (χ0v) is 20.6. The van der Waals surface area contributed by atoms with E-state index in [0.29, 0.717) is 6.42 Å². The van der Waals surface area contributed by atoms with Gasteiger partial charge in [0.05, 0.1) is 6.54 Å². The topological polar surface area (TPSA) is 97.5 Å². The first-order chi connectivity index (χ1) is 17.1. The van der Waals surface area contributed by atoms with E-state index in [4.69, 9.17) is 5.11 Å². The van der Waals surface area contributed by atoms with Crippen molar-refractivity contribution >= 4 is 22.7 Å². The van der Waals surface area contributed by atoms with Gasteiger partial charge in [0.2, 0.25) is 11.8 Å². The van der Waals surface area contributed by atoms with Gasteiger partial charge < -0.3 is 25.6 Å². The number of aryl methyl sites for hydroxylation is 1. The summed E-state index contributed by atoms with van der Waals surface area (Å²) >= 11 is 0. The average Bonchev–Trinajstić information content (AvgIpc) is 3.47. The van der Waals surface area contributed by atoms with Gasteiger partial charge >= 0.3 is 0 Å². The van der Waals surface area contributed by atoms with Gasteiger partial charge in [0.25, 0.3) is 0 Å². The van der Waals surface area contributed by atoms with Crippen molar-refractivity contribution in [2.45, 2.75) is 43.6 Å². The smallest absolute Gasteiger partial charge is 0.245 e. The standard InChI is InChI=1S/C27H32N4O2.CH4O/c1-28-18-25(32)30-24(16-20-17-29-23-9-5-3-7-21(20)23)26(33)31-14-12-27(13-15-31)11-10-19-6-2-4-8-22(19)27;1-2/h2-9,17,24,28-29H,10-16,18H2,1H3,(H,30,32);2H,1H3/t24-;/m1./s1. The molecule has 1 aliphatic carbocycles. The molecule has 0 bridgehead atoms. The first-order valence-electron chi connectivity index (χ1n) is 12.4. The van der Waals surface area contributed by atoms with Crippen LogP contribution in [0, 0.1) is 0 Å². The maximum atomic E-state index is 13.6. The highest BCUT2D eigenvalue weighted by molar-refractivity contribution is 5.90. The van der Waals surface area contributed by atoms with Crippen molar-refractivity contribution in [2.24, 2.45) is 0 Å². The molecule has 0 unspecified atom stereocenters. The molecule has 186 valence electrons. The second-order valence-corrected chi connectivity index (χ2v) is 9.48. The number of rotatable bonds is 6. The molecule has 7 nitrogen and oxygen atoms in total. The van der Waals surface area contributed by atoms with Crippen LogP contribution in [0.4, 0.5) is 0 Å². The number of nitrogens with zero attached hydrogens (tertiary/aromatic N) is 1. The maximum absolute atomic E-state index is 13.6. The number of piperidine rings is 1. The predicted molar refractivity (Wildman–Crippen MR) is 138 cm³/mol. The normalized spacial score (nSPS) is 16.9. The molecular weight excluding hydrogens is 440 g/mol. The van der Waals surface area contributed by atoms with E-state index in [1.807, 2.05) is 29.3 Å². The highest BCUT2D eigenvalue weighted by atomic mass is 16.2. The second kappa shape index (κ2) is 11.1. The summed E-state index contributed by atoms with van der Waals surface area (Å²) in [7, 11) is 2.74. The first-order valence-corrected chi connectivity index (χ1v) is 12.4. The molecule has 2 aromatic carbocycles. The van der Waals surface area contributed by atoms with E-state index < -0.39 is 6.04 Å². The predicted octanol–water partition coefficient (Wildman–Crippen LogP) is 2.53. The number of aliphatic hydroxyl groups excluding tert-OH is 1. The molecule has 2 heterocycles. The van der Waals surface area contributed by atoms with E-state index in [1.165, 1.54) is 17.5 Å². The summed E-state index contributed by atoms with van der Waals surface area (Å²) in [6, 6.07) is 16.3. The molecule has 2 amide bonds. The summed E-state index contributed by atoms with van der Waals surface area (Å²) in [6.45, 7) is 1.66. The van der Waals surface area contributed by atoms with Crippen molar-refractivity contribution < 1.29 is 14.7 Å². The third-order valence-electron chi connectivity index (χ3n) is 7.56. The number of likely N-dealkylation sites (N-methyl/N-ethyl adjacent to an activating group) is 1. The summed E-state index contributed by atoms with van der Waals surface area (Å²) in [6.07, 6.45) is 6.71. The summed E-state index contributed by atoms with van der Waals surface area (Å²) in [5.74, 6) is -0.139. The van der Waals surface area contributed by atoms with Gasteiger partial charge in [0, 0.05) is 43.7 Å². The Balaban J connectivity index is 0.00000141. The minimum atomic E-state index is -0.574. The zero-order valence-electron chi connectivity index (χ0n) is 20.6. The number of hydrogen-bond donors (Lipinski definition) is 4. The summed E-state index contributed by atoms with van der Waals surface area (Å²) < 4.78 is 0. The van der Waals surface area contributed by atoms with Gasteiger partial charge in [-0.15, -0.1) is 0 Å². The highest BCUT2D eigenvalue weighted by Crippen LogP contribution is 2.46. The molecule has 2 aliphatic rings. The van der Waals surface area contributed by atoms with Gasteiger partial charge in [-0.3, -0.25) is 9.59 Å². The lowest BCUT2D eigenvalue weighted by Gasteiger charge is -2.41. The number of hydrogen-bond acceptors (Lipinski definition) is 4. The van der Waals surface area contributed by atoms with Crippen LogP contribution in [0.5, 0.6) is 0 Å². The first kappa shape index (κ1) is 24.9. The van der Waals surface area contributed by atoms with E-state index >= 15 is 0 Å². The Kier molecular flexibility index (Phi) is 7.88. The van der Waals surface area contributed by atoms with Crippen LogP contribution in [0.1, 0.15) is 36.0 Å². The van der Waals surface area contributed by atoms with Crippen molar-refractivity contribution in [1.29, 1.82) is 0 Å². The van der Waals surface area contributed by atoms with Crippen molar-refractivity contribution in [3.8, 4) is 0 Å². The van der Waals surface area contributed by atoms with Crippen LogP contribution < -0.4 is 10.6 Å². The van der Waals surface area contributed by atoms with Crippen LogP contribution in [0.25, 0.3) is 10.9 Å². The van der Waals surface area contributed by atoms with Crippen molar-refractivity contribution in [1.82, 2.24) is 20.5 Å². The summed E-state index contributed by atoms with van der Waals surface area (Å²) in [5, 5.41) is 14.0. The second-order valence-electron chi connectivity index (χ2n) is 9.48. The minimum absolute atomic E-state index is 0.0193. The minimum Gasteiger partial charge on any atom is -0.400 e. The van der Waals surface area contributed by atoms with Crippen LogP contribution in [0.2, 0.25) is 0 Å². The fourth-order valence-electron chi connectivity index (χ4n) is 5.79. The Morgan fingerprint density at radius 2 is 1.77 bits per heavy atom. The number of H-pyrrole nitrogens is 1. The third kappa shape index (κ3) is 5.11. The Hall–Kier alpha value is -3.16. The number of aromatic nitrogens is 1. The van der Waals surface area contributed by atoms with Crippen LogP contribution in [-0.2, 0) is 27.8 Å². The van der Waals surface area contributed by atoms with Crippen molar-refractivity contribution in [2.75, 3.05) is 33.8 Å². The van der Waals surface area contributed by atoms with Crippen LogP contribution in [0.3, 0.4) is 0 Å². The molecule has 1 spiro atoms. The molecule has 1 saturated heterocycles. The summed E-state index contributed by atoms with van der Waals surface area (Å²) in [4.78, 5) is 31.3. The quantitative estimate of drug-likeness (QED) is 0.440. The molecule has 5 rings (SSSR count). The van der Waals surface area contributed by atoms with E-state index in [-0.39, 0.29) is 23.8 Å². The largest absolute Gasteiger partial charge is 0.400 e. The Bertz CT molecular complexity index is 1160. The average molecular weight is 477 g/mol. The van der Waals surface area contributed by atoms with Gasteiger partial charge in [0.15, 0.2) is 0 Å². The number of nitrogens with one attached hydrogen (secondary N) is 3. The van der Waals surface area contributed by atoms with E-state index in [9.17, 15) is 9.59 Å². The number of amides is 2. The molecular formula is C28H36N4O3. The molecule has 3 aromatic rings. The lowest BCUT2D eigenvalue weighted by Crippen LogP contribution is -2.54. The van der Waals surface area contributed by atoms with E-state index in [2.05, 4.69) is 45.9 Å².